The van der Waals surface area contributed by atoms with Crippen LogP contribution in [-0.4, -0.2) is 46.5 Å². The van der Waals surface area contributed by atoms with E-state index in [9.17, 15) is 0 Å². The van der Waals surface area contributed by atoms with E-state index in [1.54, 1.807) is 19.5 Å². The van der Waals surface area contributed by atoms with Crippen molar-refractivity contribution in [2.24, 2.45) is 0 Å². The van der Waals surface area contributed by atoms with Gasteiger partial charge in [-0.2, -0.15) is 5.26 Å². The Morgan fingerprint density at radius 3 is 3.08 bits per heavy atom. The summed E-state index contributed by atoms with van der Waals surface area (Å²) in [6, 6.07) is 7.70. The van der Waals surface area contributed by atoms with E-state index < -0.39 is 0 Å². The molecule has 0 radical (unpaired) electrons. The van der Waals surface area contributed by atoms with Crippen molar-refractivity contribution in [3.63, 3.8) is 0 Å². The van der Waals surface area contributed by atoms with Gasteiger partial charge in [-0.1, -0.05) is 6.07 Å². The number of rotatable bonds is 5. The van der Waals surface area contributed by atoms with Crippen molar-refractivity contribution in [1.82, 2.24) is 19.7 Å². The number of nitrogens with zero attached hydrogens (tertiary/aromatic N) is 5. The van der Waals surface area contributed by atoms with E-state index in [0.717, 1.165) is 43.3 Å². The van der Waals surface area contributed by atoms with Gasteiger partial charge in [-0.3, -0.25) is 4.90 Å². The minimum Gasteiger partial charge on any atom is -0.496 e. The third-order valence-corrected chi connectivity index (χ3v) is 4.23. The summed E-state index contributed by atoms with van der Waals surface area (Å²) >= 11 is 0. The Hall–Kier alpha value is -2.43. The van der Waals surface area contributed by atoms with Gasteiger partial charge in [0.1, 0.15) is 18.2 Å². The first kappa shape index (κ1) is 16.4. The number of morpholine rings is 1. The number of aromatic nitrogens is 3. The zero-order valence-electron chi connectivity index (χ0n) is 14.0. The highest BCUT2D eigenvalue weighted by Gasteiger charge is 2.26. The maximum absolute atomic E-state index is 9.01. The Kier molecular flexibility index (Phi) is 5.08. The van der Waals surface area contributed by atoms with Gasteiger partial charge in [-0.15, -0.1) is 10.2 Å². The number of methoxy groups -OCH3 is 1. The molecule has 0 aliphatic carbocycles. The van der Waals surface area contributed by atoms with Gasteiger partial charge in [0, 0.05) is 31.7 Å². The van der Waals surface area contributed by atoms with Crippen LogP contribution in [0.2, 0.25) is 0 Å². The zero-order chi connectivity index (χ0) is 16.9. The molecule has 1 aromatic carbocycles. The third-order valence-electron chi connectivity index (χ3n) is 4.23. The quantitative estimate of drug-likeness (QED) is 0.833. The molecule has 1 aliphatic heterocycles. The predicted molar refractivity (Wildman–Crippen MR) is 87.4 cm³/mol. The lowest BCUT2D eigenvalue weighted by Gasteiger charge is -2.32. The molecule has 1 atom stereocenters. The largest absolute Gasteiger partial charge is 0.496 e. The predicted octanol–water partition coefficient (Wildman–Crippen LogP) is 1.75. The maximum Gasteiger partial charge on any atom is 0.163 e. The number of hydrogen-bond acceptors (Lipinski definition) is 6. The lowest BCUT2D eigenvalue weighted by atomic mass is 10.1. The number of aryl methyl sites for hydroxylation is 1. The molecule has 24 heavy (non-hydrogen) atoms. The van der Waals surface area contributed by atoms with E-state index in [1.165, 1.54) is 0 Å². The summed E-state index contributed by atoms with van der Waals surface area (Å²) in [4.78, 5) is 2.31. The highest BCUT2D eigenvalue weighted by Crippen LogP contribution is 2.25. The molecule has 1 aliphatic rings. The Morgan fingerprint density at radius 1 is 1.46 bits per heavy atom. The Balaban J connectivity index is 1.73. The molecule has 0 bridgehead atoms. The minimum absolute atomic E-state index is 0.0782. The van der Waals surface area contributed by atoms with Crippen LogP contribution in [0.15, 0.2) is 24.5 Å². The summed E-state index contributed by atoms with van der Waals surface area (Å²) in [5.74, 6) is 1.61. The van der Waals surface area contributed by atoms with Crippen molar-refractivity contribution >= 4 is 0 Å². The van der Waals surface area contributed by atoms with Crippen LogP contribution >= 0.6 is 0 Å². The first-order valence-electron chi connectivity index (χ1n) is 8.03. The average Bonchev–Trinajstić information content (AvgIpc) is 3.11. The van der Waals surface area contributed by atoms with Crippen molar-refractivity contribution in [3.05, 3.63) is 41.5 Å². The van der Waals surface area contributed by atoms with Gasteiger partial charge < -0.3 is 14.0 Å². The topological polar surface area (TPSA) is 76.2 Å². The molecule has 7 heteroatoms. The summed E-state index contributed by atoms with van der Waals surface area (Å²) in [7, 11) is 1.63. The van der Waals surface area contributed by atoms with Crippen molar-refractivity contribution in [1.29, 1.82) is 5.26 Å². The van der Waals surface area contributed by atoms with Crippen molar-refractivity contribution < 1.29 is 9.47 Å². The zero-order valence-corrected chi connectivity index (χ0v) is 14.0. The van der Waals surface area contributed by atoms with Gasteiger partial charge in [-0.05, 0) is 19.1 Å². The van der Waals surface area contributed by atoms with E-state index in [0.29, 0.717) is 12.2 Å². The fraction of sp³-hybridized carbons (Fsp3) is 0.471. The van der Waals surface area contributed by atoms with Crippen molar-refractivity contribution in [2.75, 3.05) is 26.8 Å². The van der Waals surface area contributed by atoms with Gasteiger partial charge in [0.2, 0.25) is 0 Å². The number of hydrogen-bond donors (Lipinski definition) is 0. The summed E-state index contributed by atoms with van der Waals surface area (Å²) in [5.41, 5.74) is 1.67. The van der Waals surface area contributed by atoms with Crippen LogP contribution in [0.25, 0.3) is 0 Å². The normalized spacial score (nSPS) is 18.3. The first-order chi connectivity index (χ1) is 11.7. The molecule has 0 saturated carbocycles. The van der Waals surface area contributed by atoms with Crippen LogP contribution in [-0.2, 0) is 17.8 Å². The SMILES string of the molecule is CCn1cnnc1C1CN(Cc2ccc(C#N)cc2OC)CCO1. The monoisotopic (exact) mass is 327 g/mol. The Morgan fingerprint density at radius 2 is 2.33 bits per heavy atom. The smallest absolute Gasteiger partial charge is 0.163 e. The highest BCUT2D eigenvalue weighted by molar-refractivity contribution is 5.42. The fourth-order valence-corrected chi connectivity index (χ4v) is 2.94. The van der Waals surface area contributed by atoms with Crippen LogP contribution in [0, 0.1) is 11.3 Å². The van der Waals surface area contributed by atoms with Gasteiger partial charge in [0.15, 0.2) is 5.82 Å². The van der Waals surface area contributed by atoms with E-state index in [4.69, 9.17) is 14.7 Å². The molecule has 126 valence electrons. The summed E-state index contributed by atoms with van der Waals surface area (Å²) in [5, 5.41) is 17.2. The van der Waals surface area contributed by atoms with Crippen LogP contribution in [0.3, 0.4) is 0 Å². The van der Waals surface area contributed by atoms with Crippen LogP contribution in [0.1, 0.15) is 30.0 Å². The lowest BCUT2D eigenvalue weighted by Crippen LogP contribution is -2.38. The molecule has 0 N–H and O–H groups in total. The van der Waals surface area contributed by atoms with Crippen LogP contribution in [0.4, 0.5) is 0 Å². The minimum atomic E-state index is -0.0782. The molecular formula is C17H21N5O2. The van der Waals surface area contributed by atoms with Gasteiger partial charge in [0.25, 0.3) is 0 Å². The van der Waals surface area contributed by atoms with Gasteiger partial charge in [-0.25, -0.2) is 0 Å². The average molecular weight is 327 g/mol. The molecule has 7 nitrogen and oxygen atoms in total. The number of ether oxygens (including phenoxy) is 2. The number of nitriles is 1. The second-order valence-electron chi connectivity index (χ2n) is 5.71. The van der Waals surface area contributed by atoms with Gasteiger partial charge >= 0.3 is 0 Å². The maximum atomic E-state index is 9.01. The van der Waals surface area contributed by atoms with E-state index >= 15 is 0 Å². The molecule has 1 fully saturated rings. The molecule has 2 aromatic rings. The van der Waals surface area contributed by atoms with E-state index in [2.05, 4.69) is 28.1 Å². The Bertz CT molecular complexity index is 737. The first-order valence-corrected chi connectivity index (χ1v) is 8.03. The van der Waals surface area contributed by atoms with E-state index in [-0.39, 0.29) is 6.10 Å². The highest BCUT2D eigenvalue weighted by atomic mass is 16.5. The molecule has 3 rings (SSSR count). The molecular weight excluding hydrogens is 306 g/mol. The third kappa shape index (κ3) is 3.40. The standard InChI is InChI=1S/C17H21N5O2/c1-3-22-12-19-20-17(22)16-11-21(6-7-24-16)10-14-5-4-13(9-18)8-15(14)23-2/h4-5,8,12,16H,3,6-7,10-11H2,1-2H3. The fourth-order valence-electron chi connectivity index (χ4n) is 2.94. The molecule has 0 spiro atoms. The van der Waals surface area contributed by atoms with E-state index in [1.807, 2.05) is 16.7 Å². The number of benzene rings is 1. The second-order valence-corrected chi connectivity index (χ2v) is 5.71. The van der Waals surface area contributed by atoms with Crippen LogP contribution in [0.5, 0.6) is 5.75 Å². The molecule has 2 heterocycles. The molecule has 0 amide bonds. The lowest BCUT2D eigenvalue weighted by molar-refractivity contribution is -0.0390. The second kappa shape index (κ2) is 7.43. The Labute approximate surface area is 141 Å². The summed E-state index contributed by atoms with van der Waals surface area (Å²) in [6.45, 7) is 5.89. The summed E-state index contributed by atoms with van der Waals surface area (Å²) < 4.78 is 13.3. The van der Waals surface area contributed by atoms with Crippen LogP contribution < -0.4 is 4.74 Å². The van der Waals surface area contributed by atoms with Crippen molar-refractivity contribution in [2.45, 2.75) is 26.1 Å². The molecule has 1 aromatic heterocycles. The van der Waals surface area contributed by atoms with Crippen molar-refractivity contribution in [3.8, 4) is 11.8 Å². The summed E-state index contributed by atoms with van der Waals surface area (Å²) in [6.07, 6.45) is 1.66. The molecule has 1 unspecified atom stereocenters. The molecule has 1 saturated heterocycles. The van der Waals surface area contributed by atoms with Gasteiger partial charge in [0.05, 0.1) is 25.3 Å².